The van der Waals surface area contributed by atoms with E-state index >= 15 is 0 Å². The highest BCUT2D eigenvalue weighted by atomic mass is 79.9. The van der Waals surface area contributed by atoms with Crippen molar-refractivity contribution in [3.05, 3.63) is 56.7 Å². The number of halogens is 1. The molecule has 0 fully saturated rings. The van der Waals surface area contributed by atoms with Gasteiger partial charge in [-0.2, -0.15) is 0 Å². The second kappa shape index (κ2) is 7.83. The first kappa shape index (κ1) is 14.8. The van der Waals surface area contributed by atoms with Crippen LogP contribution >= 0.6 is 27.3 Å². The summed E-state index contributed by atoms with van der Waals surface area (Å²) in [6.45, 7) is 0. The zero-order valence-electron chi connectivity index (χ0n) is 11.2. The van der Waals surface area contributed by atoms with Gasteiger partial charge in [-0.05, 0) is 60.3 Å². The highest BCUT2D eigenvalue weighted by Crippen LogP contribution is 2.22. The predicted octanol–water partition coefficient (Wildman–Crippen LogP) is 4.66. The highest BCUT2D eigenvalue weighted by molar-refractivity contribution is 9.10. The second-order valence-corrected chi connectivity index (χ2v) is 6.71. The van der Waals surface area contributed by atoms with E-state index in [0.717, 1.165) is 6.42 Å². The SMILES string of the molecule is CNC(CCCc1ccccc1)Cc1cc(Br)cs1. The van der Waals surface area contributed by atoms with Gasteiger partial charge in [0.05, 0.1) is 0 Å². The summed E-state index contributed by atoms with van der Waals surface area (Å²) >= 11 is 5.35. The van der Waals surface area contributed by atoms with Crippen molar-refractivity contribution in [2.75, 3.05) is 7.05 Å². The van der Waals surface area contributed by atoms with E-state index in [4.69, 9.17) is 0 Å². The molecule has 0 aliphatic rings. The molecule has 0 saturated carbocycles. The molecule has 0 spiro atoms. The van der Waals surface area contributed by atoms with Crippen LogP contribution in [-0.4, -0.2) is 13.1 Å². The molecule has 19 heavy (non-hydrogen) atoms. The predicted molar refractivity (Wildman–Crippen MR) is 88.0 cm³/mol. The number of hydrogen-bond acceptors (Lipinski definition) is 2. The van der Waals surface area contributed by atoms with Gasteiger partial charge >= 0.3 is 0 Å². The van der Waals surface area contributed by atoms with Crippen LogP contribution in [0.15, 0.2) is 46.3 Å². The number of thiophene rings is 1. The van der Waals surface area contributed by atoms with Gasteiger partial charge in [-0.15, -0.1) is 11.3 Å². The van der Waals surface area contributed by atoms with Crippen molar-refractivity contribution in [1.29, 1.82) is 0 Å². The Morgan fingerprint density at radius 3 is 2.68 bits per heavy atom. The molecule has 1 aromatic carbocycles. The molecule has 0 aliphatic heterocycles. The molecular formula is C16H20BrNS. The summed E-state index contributed by atoms with van der Waals surface area (Å²) in [6, 6.07) is 13.5. The fourth-order valence-corrected chi connectivity index (χ4v) is 3.78. The Morgan fingerprint density at radius 2 is 2.05 bits per heavy atom. The molecule has 0 radical (unpaired) electrons. The lowest BCUT2D eigenvalue weighted by Gasteiger charge is -2.15. The summed E-state index contributed by atoms with van der Waals surface area (Å²) in [4.78, 5) is 1.45. The third-order valence-corrected chi connectivity index (χ3v) is 5.06. The van der Waals surface area contributed by atoms with Crippen LogP contribution in [0.4, 0.5) is 0 Å². The Bertz CT molecular complexity index is 481. The first-order chi connectivity index (χ1) is 9.28. The second-order valence-electron chi connectivity index (χ2n) is 4.80. The van der Waals surface area contributed by atoms with Crippen LogP contribution < -0.4 is 5.32 Å². The first-order valence-electron chi connectivity index (χ1n) is 6.72. The van der Waals surface area contributed by atoms with Crippen molar-refractivity contribution in [3.63, 3.8) is 0 Å². The van der Waals surface area contributed by atoms with E-state index in [9.17, 15) is 0 Å². The van der Waals surface area contributed by atoms with Crippen molar-refractivity contribution < 1.29 is 0 Å². The van der Waals surface area contributed by atoms with Gasteiger partial charge in [0, 0.05) is 20.8 Å². The number of nitrogens with one attached hydrogen (secondary N) is 1. The van der Waals surface area contributed by atoms with Gasteiger partial charge in [0.15, 0.2) is 0 Å². The topological polar surface area (TPSA) is 12.0 Å². The van der Waals surface area contributed by atoms with E-state index in [-0.39, 0.29) is 0 Å². The Labute approximate surface area is 128 Å². The van der Waals surface area contributed by atoms with Gasteiger partial charge in [-0.25, -0.2) is 0 Å². The highest BCUT2D eigenvalue weighted by Gasteiger charge is 2.08. The summed E-state index contributed by atoms with van der Waals surface area (Å²) in [5, 5.41) is 5.60. The molecule has 1 heterocycles. The minimum absolute atomic E-state index is 0.578. The van der Waals surface area contributed by atoms with Gasteiger partial charge in [-0.3, -0.25) is 0 Å². The average molecular weight is 338 g/mol. The molecule has 0 amide bonds. The standard InChI is InChI=1S/C16H20BrNS/c1-18-15(11-16-10-14(17)12-19-16)9-5-8-13-6-3-2-4-7-13/h2-4,6-7,10,12,15,18H,5,8-9,11H2,1H3. The summed E-state index contributed by atoms with van der Waals surface area (Å²) in [6.07, 6.45) is 4.76. The Morgan fingerprint density at radius 1 is 1.26 bits per heavy atom. The monoisotopic (exact) mass is 337 g/mol. The maximum absolute atomic E-state index is 3.52. The molecular weight excluding hydrogens is 318 g/mol. The van der Waals surface area contributed by atoms with Crippen LogP contribution in [0.1, 0.15) is 23.3 Å². The van der Waals surface area contributed by atoms with E-state index < -0.39 is 0 Å². The van der Waals surface area contributed by atoms with Crippen LogP contribution in [0, 0.1) is 0 Å². The summed E-state index contributed by atoms with van der Waals surface area (Å²) in [5.41, 5.74) is 1.44. The molecule has 2 rings (SSSR count). The fourth-order valence-electron chi connectivity index (χ4n) is 2.25. The Kier molecular flexibility index (Phi) is 6.08. The largest absolute Gasteiger partial charge is 0.317 e. The zero-order valence-corrected chi connectivity index (χ0v) is 13.6. The Balaban J connectivity index is 1.76. The Hall–Kier alpha value is -0.640. The van der Waals surface area contributed by atoms with E-state index in [1.54, 1.807) is 0 Å². The van der Waals surface area contributed by atoms with Crippen molar-refractivity contribution >= 4 is 27.3 Å². The van der Waals surface area contributed by atoms with Crippen molar-refractivity contribution in [1.82, 2.24) is 5.32 Å². The molecule has 0 bridgehead atoms. The minimum atomic E-state index is 0.578. The van der Waals surface area contributed by atoms with Gasteiger partial charge in [-0.1, -0.05) is 30.3 Å². The van der Waals surface area contributed by atoms with Crippen LogP contribution in [0.3, 0.4) is 0 Å². The summed E-state index contributed by atoms with van der Waals surface area (Å²) < 4.78 is 1.20. The smallest absolute Gasteiger partial charge is 0.0285 e. The average Bonchev–Trinajstić information content (AvgIpc) is 2.84. The third-order valence-electron chi connectivity index (χ3n) is 3.34. The van der Waals surface area contributed by atoms with Gasteiger partial charge < -0.3 is 5.32 Å². The molecule has 1 N–H and O–H groups in total. The van der Waals surface area contributed by atoms with E-state index in [2.05, 4.69) is 70.1 Å². The number of aryl methyl sites for hydroxylation is 1. The van der Waals surface area contributed by atoms with Crippen LogP contribution in [0.2, 0.25) is 0 Å². The zero-order chi connectivity index (χ0) is 13.5. The lowest BCUT2D eigenvalue weighted by molar-refractivity contribution is 0.505. The molecule has 1 unspecified atom stereocenters. The van der Waals surface area contributed by atoms with Crippen molar-refractivity contribution in [2.24, 2.45) is 0 Å². The molecule has 3 heteroatoms. The van der Waals surface area contributed by atoms with Gasteiger partial charge in [0.25, 0.3) is 0 Å². The van der Waals surface area contributed by atoms with Gasteiger partial charge in [0.2, 0.25) is 0 Å². The third kappa shape index (κ3) is 5.09. The molecule has 0 aliphatic carbocycles. The van der Waals surface area contributed by atoms with E-state index in [0.29, 0.717) is 6.04 Å². The van der Waals surface area contributed by atoms with Crippen LogP contribution in [0.5, 0.6) is 0 Å². The van der Waals surface area contributed by atoms with Crippen LogP contribution in [0.25, 0.3) is 0 Å². The molecule has 0 saturated heterocycles. The summed E-state index contributed by atoms with van der Waals surface area (Å²) in [5.74, 6) is 0. The quantitative estimate of drug-likeness (QED) is 0.774. The van der Waals surface area contributed by atoms with Crippen molar-refractivity contribution in [3.8, 4) is 0 Å². The van der Waals surface area contributed by atoms with Gasteiger partial charge in [0.1, 0.15) is 0 Å². The molecule has 1 nitrogen and oxygen atoms in total. The normalized spacial score (nSPS) is 12.5. The van der Waals surface area contributed by atoms with Crippen LogP contribution in [-0.2, 0) is 12.8 Å². The fraction of sp³-hybridized carbons (Fsp3) is 0.375. The lowest BCUT2D eigenvalue weighted by atomic mass is 10.0. The maximum Gasteiger partial charge on any atom is 0.0285 e. The molecule has 2 aromatic rings. The number of benzene rings is 1. The molecule has 1 aromatic heterocycles. The van der Waals surface area contributed by atoms with E-state index in [1.807, 2.05) is 11.3 Å². The lowest BCUT2D eigenvalue weighted by Crippen LogP contribution is -2.27. The molecule has 102 valence electrons. The summed E-state index contributed by atoms with van der Waals surface area (Å²) in [7, 11) is 2.07. The van der Waals surface area contributed by atoms with Crippen molar-refractivity contribution in [2.45, 2.75) is 31.7 Å². The molecule has 1 atom stereocenters. The number of rotatable bonds is 7. The number of hydrogen-bond donors (Lipinski definition) is 1. The van der Waals surface area contributed by atoms with E-state index in [1.165, 1.54) is 34.2 Å². The maximum atomic E-state index is 3.52. The minimum Gasteiger partial charge on any atom is -0.317 e. The first-order valence-corrected chi connectivity index (χ1v) is 8.39. The number of likely N-dealkylation sites (N-methyl/N-ethyl adjacent to an activating group) is 1.